The molecule has 1 heterocycles. The molecule has 68 valence electrons. The fraction of sp³-hybridized carbons (Fsp3) is 0.167. The van der Waals surface area contributed by atoms with Crippen LogP contribution in [0, 0.1) is 11.3 Å². The molecule has 0 unspecified atom stereocenters. The molecule has 0 spiro atoms. The molecule has 2 nitrogen and oxygen atoms in total. The Morgan fingerprint density at radius 3 is 3.00 bits per heavy atom. The number of nitrogens with zero attached hydrogens (tertiary/aromatic N) is 2. The number of aromatic nitrogens is 1. The van der Waals surface area contributed by atoms with Gasteiger partial charge in [-0.25, -0.2) is 4.98 Å². The van der Waals surface area contributed by atoms with Crippen molar-refractivity contribution in [3.05, 3.63) is 40.0 Å². The van der Waals surface area contributed by atoms with E-state index in [1.165, 1.54) is 5.57 Å². The van der Waals surface area contributed by atoms with Crippen molar-refractivity contribution in [1.82, 2.24) is 4.98 Å². The van der Waals surface area contributed by atoms with Gasteiger partial charge in [0.15, 0.2) is 0 Å². The van der Waals surface area contributed by atoms with Crippen LogP contribution >= 0.6 is 0 Å². The molecule has 1 aromatic heterocycles. The first kappa shape index (κ1) is 8.71. The third-order valence-electron chi connectivity index (χ3n) is 2.24. The van der Waals surface area contributed by atoms with Gasteiger partial charge in [-0.2, -0.15) is 5.26 Å². The van der Waals surface area contributed by atoms with Crippen LogP contribution in [0.4, 0.5) is 0 Å². The first-order valence-electron chi connectivity index (χ1n) is 4.54. The average Bonchev–Trinajstić information content (AvgIpc) is 2.40. The summed E-state index contributed by atoms with van der Waals surface area (Å²) in [5.74, 6) is 0. The first-order chi connectivity index (χ1) is 6.79. The number of fused-ring (bicyclic) bond motifs is 1. The van der Waals surface area contributed by atoms with Crippen LogP contribution in [0.3, 0.4) is 0 Å². The van der Waals surface area contributed by atoms with E-state index in [1.807, 2.05) is 18.2 Å². The third kappa shape index (κ3) is 1.57. The average molecular weight is 182 g/mol. The molecule has 0 bridgehead atoms. The number of hydrogen-bond acceptors (Lipinski definition) is 2. The molecule has 1 aliphatic carbocycles. The lowest BCUT2D eigenvalue weighted by molar-refractivity contribution is 1.18. The number of allylic oxidation sites excluding steroid dienone is 2. The maximum Gasteiger partial charge on any atom is 0.141 e. The van der Waals surface area contributed by atoms with Crippen molar-refractivity contribution >= 4 is 12.2 Å². The van der Waals surface area contributed by atoms with Crippen LogP contribution in [0.15, 0.2) is 23.8 Å². The Bertz CT molecular complexity index is 545. The summed E-state index contributed by atoms with van der Waals surface area (Å²) >= 11 is 0. The second kappa shape index (κ2) is 3.47. The molecule has 0 atom stereocenters. The minimum Gasteiger partial charge on any atom is -0.237 e. The van der Waals surface area contributed by atoms with Gasteiger partial charge in [0, 0.05) is 0 Å². The summed E-state index contributed by atoms with van der Waals surface area (Å²) in [6.45, 7) is 2.09. The Morgan fingerprint density at radius 2 is 2.21 bits per heavy atom. The zero-order valence-corrected chi connectivity index (χ0v) is 7.99. The van der Waals surface area contributed by atoms with Crippen LogP contribution in [0.1, 0.15) is 19.0 Å². The largest absolute Gasteiger partial charge is 0.237 e. The van der Waals surface area contributed by atoms with Crippen LogP contribution < -0.4 is 10.6 Å². The molecule has 0 saturated heterocycles. The summed E-state index contributed by atoms with van der Waals surface area (Å²) in [6, 6.07) is 5.75. The van der Waals surface area contributed by atoms with Gasteiger partial charge < -0.3 is 0 Å². The van der Waals surface area contributed by atoms with E-state index >= 15 is 0 Å². The van der Waals surface area contributed by atoms with E-state index in [4.69, 9.17) is 5.26 Å². The summed E-state index contributed by atoms with van der Waals surface area (Å²) in [7, 11) is 0. The number of rotatable bonds is 0. The lowest BCUT2D eigenvalue weighted by atomic mass is 10.2. The molecule has 1 aliphatic rings. The molecule has 0 N–H and O–H groups in total. The topological polar surface area (TPSA) is 36.7 Å². The van der Waals surface area contributed by atoms with E-state index in [0.29, 0.717) is 5.69 Å². The fourth-order valence-corrected chi connectivity index (χ4v) is 1.41. The monoisotopic (exact) mass is 182 g/mol. The van der Waals surface area contributed by atoms with Crippen molar-refractivity contribution in [3.8, 4) is 6.07 Å². The van der Waals surface area contributed by atoms with Gasteiger partial charge in [-0.05, 0) is 30.7 Å². The van der Waals surface area contributed by atoms with Crippen LogP contribution in [0.25, 0.3) is 12.2 Å². The van der Waals surface area contributed by atoms with Crippen molar-refractivity contribution in [2.45, 2.75) is 13.3 Å². The first-order valence-corrected chi connectivity index (χ1v) is 4.54. The van der Waals surface area contributed by atoms with Gasteiger partial charge in [0.1, 0.15) is 11.8 Å². The Balaban J connectivity index is 2.71. The van der Waals surface area contributed by atoms with Crippen molar-refractivity contribution in [2.75, 3.05) is 0 Å². The lowest BCUT2D eigenvalue weighted by Gasteiger charge is -1.90. The van der Waals surface area contributed by atoms with Crippen molar-refractivity contribution in [2.24, 2.45) is 0 Å². The predicted molar refractivity (Wildman–Crippen MR) is 55.5 cm³/mol. The summed E-state index contributed by atoms with van der Waals surface area (Å²) in [6.07, 6.45) is 7.11. The summed E-state index contributed by atoms with van der Waals surface area (Å²) < 4.78 is 0. The number of nitriles is 1. The highest BCUT2D eigenvalue weighted by molar-refractivity contribution is 5.45. The molecule has 2 heteroatoms. The van der Waals surface area contributed by atoms with Gasteiger partial charge in [-0.1, -0.05) is 23.8 Å². The highest BCUT2D eigenvalue weighted by Crippen LogP contribution is 2.01. The van der Waals surface area contributed by atoms with Crippen molar-refractivity contribution in [1.29, 1.82) is 5.26 Å². The summed E-state index contributed by atoms with van der Waals surface area (Å²) in [5, 5.41) is 10.7. The van der Waals surface area contributed by atoms with E-state index in [9.17, 15) is 0 Å². The van der Waals surface area contributed by atoms with Gasteiger partial charge >= 0.3 is 0 Å². The Hall–Kier alpha value is -1.88. The second-order valence-corrected chi connectivity index (χ2v) is 3.37. The number of hydrogen-bond donors (Lipinski definition) is 0. The predicted octanol–water partition coefficient (Wildman–Crippen LogP) is 0.864. The maximum absolute atomic E-state index is 8.71. The summed E-state index contributed by atoms with van der Waals surface area (Å²) in [5.41, 5.74) is 1.78. The van der Waals surface area contributed by atoms with Gasteiger partial charge in [-0.3, -0.25) is 0 Å². The molecule has 0 radical (unpaired) electrons. The van der Waals surface area contributed by atoms with Crippen LogP contribution in [-0.4, -0.2) is 4.98 Å². The minimum atomic E-state index is 0.473. The third-order valence-corrected chi connectivity index (χ3v) is 2.24. The molecule has 0 aromatic carbocycles. The van der Waals surface area contributed by atoms with E-state index < -0.39 is 0 Å². The molecular formula is C12H10N2. The Morgan fingerprint density at radius 1 is 1.36 bits per heavy atom. The molecule has 0 fully saturated rings. The highest BCUT2D eigenvalue weighted by atomic mass is 14.7. The molecule has 14 heavy (non-hydrogen) atoms. The second-order valence-electron chi connectivity index (χ2n) is 3.37. The minimum absolute atomic E-state index is 0.473. The van der Waals surface area contributed by atoms with Crippen molar-refractivity contribution < 1.29 is 0 Å². The fourth-order valence-electron chi connectivity index (χ4n) is 1.41. The van der Waals surface area contributed by atoms with Gasteiger partial charge in [0.25, 0.3) is 0 Å². The van der Waals surface area contributed by atoms with Crippen molar-refractivity contribution in [3.63, 3.8) is 0 Å². The quantitative estimate of drug-likeness (QED) is 0.596. The zero-order chi connectivity index (χ0) is 9.97. The lowest BCUT2D eigenvalue weighted by Crippen LogP contribution is -2.27. The summed E-state index contributed by atoms with van der Waals surface area (Å²) in [4.78, 5) is 4.23. The number of pyridine rings is 1. The maximum atomic E-state index is 8.71. The SMILES string of the molecule is CC1=CC=c2nc(C#N)ccc2=CC1. The standard InChI is InChI=1S/C12H10N2/c1-9-2-4-10-5-6-11(8-13)14-12(10)7-3-9/h3-7H,2H2,1H3. The normalized spacial score (nSPS) is 13.9. The molecule has 0 amide bonds. The van der Waals surface area contributed by atoms with Gasteiger partial charge in [0.2, 0.25) is 0 Å². The van der Waals surface area contributed by atoms with E-state index in [0.717, 1.165) is 17.0 Å². The molecule has 2 rings (SSSR count). The Labute approximate surface area is 82.5 Å². The zero-order valence-electron chi connectivity index (χ0n) is 7.99. The van der Waals surface area contributed by atoms with Gasteiger partial charge in [0.05, 0.1) is 5.35 Å². The van der Waals surface area contributed by atoms with Crippen LogP contribution in [-0.2, 0) is 0 Å². The smallest absolute Gasteiger partial charge is 0.141 e. The molecule has 0 aliphatic heterocycles. The molecular weight excluding hydrogens is 172 g/mol. The van der Waals surface area contributed by atoms with E-state index in [2.05, 4.69) is 24.1 Å². The molecule has 0 saturated carbocycles. The van der Waals surface area contributed by atoms with Crippen LogP contribution in [0.2, 0.25) is 0 Å². The Kier molecular flexibility index (Phi) is 2.16. The van der Waals surface area contributed by atoms with Gasteiger partial charge in [-0.15, -0.1) is 0 Å². The molecule has 1 aromatic rings. The van der Waals surface area contributed by atoms with E-state index in [1.54, 1.807) is 6.07 Å². The van der Waals surface area contributed by atoms with Crippen LogP contribution in [0.5, 0.6) is 0 Å². The highest BCUT2D eigenvalue weighted by Gasteiger charge is 1.95. The van der Waals surface area contributed by atoms with E-state index in [-0.39, 0.29) is 0 Å².